The molecular weight excluding hydrogens is 310 g/mol. The SMILES string of the molecule is CCc1cc(C2CC2c2cnc(-c3ncccn3)nc2)cnc1CC. The third-order valence-electron chi connectivity index (χ3n) is 4.88. The molecule has 3 heterocycles. The second-order valence-electron chi connectivity index (χ2n) is 6.44. The Morgan fingerprint density at radius 1 is 0.800 bits per heavy atom. The number of aromatic nitrogens is 5. The van der Waals surface area contributed by atoms with Gasteiger partial charge in [-0.25, -0.2) is 19.9 Å². The van der Waals surface area contributed by atoms with E-state index in [2.05, 4.69) is 51.0 Å². The van der Waals surface area contributed by atoms with E-state index >= 15 is 0 Å². The van der Waals surface area contributed by atoms with Gasteiger partial charge in [0.2, 0.25) is 0 Å². The summed E-state index contributed by atoms with van der Waals surface area (Å²) in [5.74, 6) is 2.16. The van der Waals surface area contributed by atoms with E-state index in [0.29, 0.717) is 23.5 Å². The van der Waals surface area contributed by atoms with Crippen molar-refractivity contribution in [2.24, 2.45) is 0 Å². The highest BCUT2D eigenvalue weighted by Gasteiger charge is 2.40. The second kappa shape index (κ2) is 6.67. The molecule has 5 nitrogen and oxygen atoms in total. The van der Waals surface area contributed by atoms with Crippen molar-refractivity contribution in [3.05, 3.63) is 65.5 Å². The zero-order valence-electron chi connectivity index (χ0n) is 14.6. The van der Waals surface area contributed by atoms with Crippen molar-refractivity contribution < 1.29 is 0 Å². The van der Waals surface area contributed by atoms with Crippen LogP contribution in [0.5, 0.6) is 0 Å². The minimum atomic E-state index is 0.490. The van der Waals surface area contributed by atoms with Crippen LogP contribution in [0.3, 0.4) is 0 Å². The van der Waals surface area contributed by atoms with Crippen molar-refractivity contribution >= 4 is 0 Å². The van der Waals surface area contributed by atoms with Crippen LogP contribution < -0.4 is 0 Å². The maximum absolute atomic E-state index is 4.66. The van der Waals surface area contributed by atoms with E-state index in [-0.39, 0.29) is 0 Å². The van der Waals surface area contributed by atoms with E-state index in [1.165, 1.54) is 22.4 Å². The predicted octanol–water partition coefficient (Wildman–Crippen LogP) is 3.72. The van der Waals surface area contributed by atoms with E-state index in [1.807, 2.05) is 12.4 Å². The van der Waals surface area contributed by atoms with E-state index in [1.54, 1.807) is 18.5 Å². The van der Waals surface area contributed by atoms with Gasteiger partial charge in [-0.15, -0.1) is 0 Å². The molecule has 0 radical (unpaired) electrons. The number of pyridine rings is 1. The highest BCUT2D eigenvalue weighted by atomic mass is 15.0. The molecule has 1 aliphatic carbocycles. The molecule has 0 N–H and O–H groups in total. The van der Waals surface area contributed by atoms with Crippen molar-refractivity contribution in [2.75, 3.05) is 0 Å². The molecule has 5 heteroatoms. The van der Waals surface area contributed by atoms with Crippen LogP contribution in [0.15, 0.2) is 43.1 Å². The lowest BCUT2D eigenvalue weighted by atomic mass is 10.0. The van der Waals surface area contributed by atoms with Crippen LogP contribution in [0.1, 0.15) is 54.5 Å². The molecule has 3 aromatic rings. The van der Waals surface area contributed by atoms with Crippen molar-refractivity contribution in [1.82, 2.24) is 24.9 Å². The average Bonchev–Trinajstić information content (AvgIpc) is 3.49. The smallest absolute Gasteiger partial charge is 0.197 e. The Morgan fingerprint density at radius 3 is 2.12 bits per heavy atom. The van der Waals surface area contributed by atoms with Crippen LogP contribution in [0.2, 0.25) is 0 Å². The molecule has 2 atom stereocenters. The fourth-order valence-electron chi connectivity index (χ4n) is 3.38. The normalized spacial score (nSPS) is 19.0. The first-order valence-corrected chi connectivity index (χ1v) is 8.87. The second-order valence-corrected chi connectivity index (χ2v) is 6.44. The highest BCUT2D eigenvalue weighted by Crippen LogP contribution is 2.54. The molecule has 2 unspecified atom stereocenters. The van der Waals surface area contributed by atoms with E-state index in [0.717, 1.165) is 19.3 Å². The zero-order valence-corrected chi connectivity index (χ0v) is 14.6. The predicted molar refractivity (Wildman–Crippen MR) is 96.2 cm³/mol. The first kappa shape index (κ1) is 15.8. The van der Waals surface area contributed by atoms with Crippen LogP contribution in [-0.4, -0.2) is 24.9 Å². The molecule has 0 saturated heterocycles. The van der Waals surface area contributed by atoms with Crippen molar-refractivity contribution in [2.45, 2.75) is 44.9 Å². The molecule has 1 saturated carbocycles. The summed E-state index contributed by atoms with van der Waals surface area (Å²) in [6.45, 7) is 4.36. The molecule has 3 aromatic heterocycles. The van der Waals surface area contributed by atoms with Crippen LogP contribution >= 0.6 is 0 Å². The van der Waals surface area contributed by atoms with Gasteiger partial charge in [0.05, 0.1) is 0 Å². The van der Waals surface area contributed by atoms with Gasteiger partial charge in [-0.1, -0.05) is 19.9 Å². The van der Waals surface area contributed by atoms with Gasteiger partial charge in [0, 0.05) is 36.7 Å². The minimum absolute atomic E-state index is 0.490. The monoisotopic (exact) mass is 331 g/mol. The Morgan fingerprint density at radius 2 is 1.44 bits per heavy atom. The molecule has 0 amide bonds. The number of rotatable bonds is 5. The Balaban J connectivity index is 1.52. The largest absolute Gasteiger partial charge is 0.261 e. The van der Waals surface area contributed by atoms with Gasteiger partial charge in [-0.3, -0.25) is 4.98 Å². The molecule has 0 spiro atoms. The summed E-state index contributed by atoms with van der Waals surface area (Å²) < 4.78 is 0. The van der Waals surface area contributed by atoms with Crippen LogP contribution in [0.25, 0.3) is 11.6 Å². The summed E-state index contributed by atoms with van der Waals surface area (Å²) in [6, 6.07) is 4.12. The van der Waals surface area contributed by atoms with E-state index in [4.69, 9.17) is 0 Å². The Bertz CT molecular complexity index is 861. The van der Waals surface area contributed by atoms with Gasteiger partial charge in [-0.2, -0.15) is 0 Å². The molecule has 126 valence electrons. The van der Waals surface area contributed by atoms with E-state index < -0.39 is 0 Å². The Kier molecular flexibility index (Phi) is 4.22. The van der Waals surface area contributed by atoms with Gasteiger partial charge in [0.25, 0.3) is 0 Å². The standard InChI is InChI=1S/C20H21N5/c1-3-13-8-14(10-23-18(13)4-2)16-9-17(16)15-11-24-20(25-12-15)19-21-6-5-7-22-19/h5-8,10-12,16-17H,3-4,9H2,1-2H3. The van der Waals surface area contributed by atoms with Gasteiger partial charge >= 0.3 is 0 Å². The lowest BCUT2D eigenvalue weighted by Gasteiger charge is -2.08. The first-order valence-electron chi connectivity index (χ1n) is 8.87. The number of nitrogens with zero attached hydrogens (tertiary/aromatic N) is 5. The summed E-state index contributed by atoms with van der Waals surface area (Å²) in [4.78, 5) is 21.9. The summed E-state index contributed by atoms with van der Waals surface area (Å²) >= 11 is 0. The molecule has 1 aliphatic rings. The minimum Gasteiger partial charge on any atom is -0.261 e. The topological polar surface area (TPSA) is 64.5 Å². The molecule has 0 bridgehead atoms. The molecular formula is C20H21N5. The number of hydrogen-bond donors (Lipinski definition) is 0. The fraction of sp³-hybridized carbons (Fsp3) is 0.350. The number of hydrogen-bond acceptors (Lipinski definition) is 5. The zero-order chi connectivity index (χ0) is 17.2. The van der Waals surface area contributed by atoms with Crippen molar-refractivity contribution in [3.8, 4) is 11.6 Å². The highest BCUT2D eigenvalue weighted by molar-refractivity contribution is 5.43. The molecule has 0 aliphatic heterocycles. The molecule has 25 heavy (non-hydrogen) atoms. The lowest BCUT2D eigenvalue weighted by Crippen LogP contribution is -1.98. The van der Waals surface area contributed by atoms with E-state index in [9.17, 15) is 0 Å². The summed E-state index contributed by atoms with van der Waals surface area (Å²) in [6.07, 6.45) is 12.5. The lowest BCUT2D eigenvalue weighted by molar-refractivity contribution is 0.923. The van der Waals surface area contributed by atoms with Crippen molar-refractivity contribution in [3.63, 3.8) is 0 Å². The molecule has 4 rings (SSSR count). The van der Waals surface area contributed by atoms with Gasteiger partial charge in [0.15, 0.2) is 11.6 Å². The molecule has 0 aromatic carbocycles. The van der Waals surface area contributed by atoms with Crippen LogP contribution in [0.4, 0.5) is 0 Å². The Labute approximate surface area is 147 Å². The summed E-state index contributed by atoms with van der Waals surface area (Å²) in [5.41, 5.74) is 5.12. The van der Waals surface area contributed by atoms with Gasteiger partial charge < -0.3 is 0 Å². The summed E-state index contributed by atoms with van der Waals surface area (Å²) in [5, 5.41) is 0. The summed E-state index contributed by atoms with van der Waals surface area (Å²) in [7, 11) is 0. The Hall–Kier alpha value is -2.69. The quantitative estimate of drug-likeness (QED) is 0.713. The number of aryl methyl sites for hydroxylation is 2. The van der Waals surface area contributed by atoms with Crippen LogP contribution in [-0.2, 0) is 12.8 Å². The third kappa shape index (κ3) is 3.14. The van der Waals surface area contributed by atoms with Crippen LogP contribution in [0, 0.1) is 0 Å². The maximum Gasteiger partial charge on any atom is 0.197 e. The average molecular weight is 331 g/mol. The molecule has 1 fully saturated rings. The van der Waals surface area contributed by atoms with Crippen molar-refractivity contribution in [1.29, 1.82) is 0 Å². The maximum atomic E-state index is 4.66. The van der Waals surface area contributed by atoms with Gasteiger partial charge in [0.1, 0.15) is 0 Å². The third-order valence-corrected chi connectivity index (χ3v) is 4.88. The van der Waals surface area contributed by atoms with Gasteiger partial charge in [-0.05, 0) is 53.9 Å². The first-order chi connectivity index (χ1) is 12.3. The fourth-order valence-corrected chi connectivity index (χ4v) is 3.38.